The highest BCUT2D eigenvalue weighted by molar-refractivity contribution is 5.67. The van der Waals surface area contributed by atoms with E-state index in [0.29, 0.717) is 36.8 Å². The van der Waals surface area contributed by atoms with E-state index in [1.807, 2.05) is 6.92 Å². The van der Waals surface area contributed by atoms with Crippen LogP contribution in [0.1, 0.15) is 50.6 Å². The predicted octanol–water partition coefficient (Wildman–Crippen LogP) is 3.01. The molecule has 1 saturated carbocycles. The van der Waals surface area contributed by atoms with Crippen LogP contribution in [-0.2, 0) is 4.74 Å². The Morgan fingerprint density at radius 1 is 1.25 bits per heavy atom. The number of fused-ring (bicyclic) bond motifs is 7. The van der Waals surface area contributed by atoms with Crippen molar-refractivity contribution in [1.82, 2.24) is 25.5 Å². The van der Waals surface area contributed by atoms with Crippen molar-refractivity contribution < 1.29 is 18.7 Å². The highest BCUT2D eigenvalue weighted by Gasteiger charge is 2.32. The number of halogens is 1. The van der Waals surface area contributed by atoms with Crippen LogP contribution in [0, 0.1) is 5.82 Å². The summed E-state index contributed by atoms with van der Waals surface area (Å²) in [6.45, 7) is 2.34. The van der Waals surface area contributed by atoms with Crippen molar-refractivity contribution in [2.45, 2.75) is 57.1 Å². The molecule has 0 radical (unpaired) electrons. The molecule has 1 fully saturated rings. The summed E-state index contributed by atoms with van der Waals surface area (Å²) in [5, 5.41) is 12.5. The first kappa shape index (κ1) is 18.5. The van der Waals surface area contributed by atoms with Crippen molar-refractivity contribution in [3.63, 3.8) is 0 Å². The van der Waals surface area contributed by atoms with E-state index < -0.39 is 11.9 Å². The number of aromatic nitrogens is 4. The zero-order valence-electron chi connectivity index (χ0n) is 15.6. The first-order valence-electron chi connectivity index (χ1n) is 9.51. The summed E-state index contributed by atoms with van der Waals surface area (Å²) in [6.07, 6.45) is 5.74. The summed E-state index contributed by atoms with van der Waals surface area (Å²) < 4.78 is 25.9. The second-order valence-corrected chi connectivity index (χ2v) is 7.24. The number of amides is 1. The maximum Gasteiger partial charge on any atom is 0.407 e. The monoisotopic (exact) mass is 390 g/mol. The lowest BCUT2D eigenvalue weighted by molar-refractivity contribution is 0.0969. The van der Waals surface area contributed by atoms with E-state index >= 15 is 0 Å². The topological polar surface area (TPSA) is 114 Å². The van der Waals surface area contributed by atoms with Crippen LogP contribution in [0.3, 0.4) is 0 Å². The van der Waals surface area contributed by atoms with Crippen LogP contribution in [-0.4, -0.2) is 45.0 Å². The minimum Gasteiger partial charge on any atom is -0.477 e. The summed E-state index contributed by atoms with van der Waals surface area (Å²) >= 11 is 0. The standard InChI is InChI=1S/C18H23FN6O3/c1-10-3-2-6-27-14-9-20-8-13(22-14)23-17-15(19)16(24-25-17)11-4-5-12(7-11)28-18(26)21-10/h8-12H,2-7H2,1H3,(H,21,26)(H2,22,23,24,25)/t10-,11-,12+/m0/s1. The maximum absolute atomic E-state index is 14.8. The van der Waals surface area contributed by atoms with E-state index in [0.717, 1.165) is 19.3 Å². The molecular formula is C18H23FN6O3. The third-order valence-electron chi connectivity index (χ3n) is 5.05. The summed E-state index contributed by atoms with van der Waals surface area (Å²) in [5.41, 5.74) is 0.406. The van der Waals surface area contributed by atoms with Gasteiger partial charge in [-0.3, -0.25) is 10.1 Å². The average molecular weight is 390 g/mol. The largest absolute Gasteiger partial charge is 0.477 e. The number of hydrogen-bond acceptors (Lipinski definition) is 7. The fourth-order valence-corrected chi connectivity index (χ4v) is 3.63. The lowest BCUT2D eigenvalue weighted by Gasteiger charge is -2.17. The molecule has 1 aliphatic heterocycles. The summed E-state index contributed by atoms with van der Waals surface area (Å²) in [5.74, 6) is 0.194. The number of ether oxygens (including phenoxy) is 2. The molecule has 2 aliphatic rings. The molecule has 2 aromatic rings. The molecule has 1 amide bonds. The first-order chi connectivity index (χ1) is 13.6. The number of aromatic amines is 1. The fourth-order valence-electron chi connectivity index (χ4n) is 3.63. The Kier molecular flexibility index (Phi) is 5.27. The van der Waals surface area contributed by atoms with E-state index in [4.69, 9.17) is 9.47 Å². The molecule has 0 saturated heterocycles. The number of nitrogens with zero attached hydrogens (tertiary/aromatic N) is 3. The lowest BCUT2D eigenvalue weighted by Crippen LogP contribution is -2.35. The molecule has 0 unspecified atom stereocenters. The Hall–Kier alpha value is -2.91. The molecule has 150 valence electrons. The second kappa shape index (κ2) is 7.99. The number of rotatable bonds is 0. The second-order valence-electron chi connectivity index (χ2n) is 7.24. The van der Waals surface area contributed by atoms with E-state index in [-0.39, 0.29) is 23.9 Å². The molecule has 4 rings (SSSR count). The third kappa shape index (κ3) is 4.15. The van der Waals surface area contributed by atoms with Gasteiger partial charge in [0.05, 0.1) is 24.7 Å². The Morgan fingerprint density at radius 2 is 2.14 bits per heavy atom. The van der Waals surface area contributed by atoms with Gasteiger partial charge in [-0.05, 0) is 39.0 Å². The van der Waals surface area contributed by atoms with Gasteiger partial charge < -0.3 is 20.1 Å². The molecule has 1 aliphatic carbocycles. The number of H-pyrrole nitrogens is 1. The van der Waals surface area contributed by atoms with Gasteiger partial charge in [-0.2, -0.15) is 10.1 Å². The van der Waals surface area contributed by atoms with Crippen LogP contribution in [0.2, 0.25) is 0 Å². The summed E-state index contributed by atoms with van der Waals surface area (Å²) in [7, 11) is 0. The molecule has 3 atom stereocenters. The predicted molar refractivity (Wildman–Crippen MR) is 98.0 cm³/mol. The lowest BCUT2D eigenvalue weighted by atomic mass is 10.0. The van der Waals surface area contributed by atoms with Gasteiger partial charge in [0.1, 0.15) is 6.10 Å². The Labute approximate surface area is 161 Å². The molecule has 0 spiro atoms. The fraction of sp³-hybridized carbons (Fsp3) is 0.556. The van der Waals surface area contributed by atoms with Gasteiger partial charge in [-0.15, -0.1) is 0 Å². The molecule has 3 N–H and O–H groups in total. The molecule has 28 heavy (non-hydrogen) atoms. The van der Waals surface area contributed by atoms with Gasteiger partial charge in [0.2, 0.25) is 5.88 Å². The molecule has 9 nitrogen and oxygen atoms in total. The minimum atomic E-state index is -0.460. The molecule has 3 heterocycles. The van der Waals surface area contributed by atoms with Crippen LogP contribution in [0.5, 0.6) is 5.88 Å². The number of carbonyl (C=O) groups is 1. The molecule has 10 heteroatoms. The van der Waals surface area contributed by atoms with Crippen molar-refractivity contribution in [3.05, 3.63) is 23.9 Å². The molecule has 2 aromatic heterocycles. The highest BCUT2D eigenvalue weighted by atomic mass is 19.1. The van der Waals surface area contributed by atoms with E-state index in [9.17, 15) is 9.18 Å². The molecular weight excluding hydrogens is 367 g/mol. The maximum atomic E-state index is 14.8. The Balaban J connectivity index is 1.57. The normalized spacial score (nSPS) is 25.5. The van der Waals surface area contributed by atoms with Crippen molar-refractivity contribution >= 4 is 17.7 Å². The number of alkyl carbamates (subject to hydrolysis) is 1. The number of anilines is 2. The third-order valence-corrected chi connectivity index (χ3v) is 5.05. The van der Waals surface area contributed by atoms with E-state index in [1.165, 1.54) is 12.4 Å². The van der Waals surface area contributed by atoms with Gasteiger partial charge in [0, 0.05) is 12.0 Å². The summed E-state index contributed by atoms with van der Waals surface area (Å²) in [6, 6.07) is -0.0427. The first-order valence-corrected chi connectivity index (χ1v) is 9.51. The van der Waals surface area contributed by atoms with Gasteiger partial charge in [-0.1, -0.05) is 0 Å². The zero-order chi connectivity index (χ0) is 19.5. The zero-order valence-corrected chi connectivity index (χ0v) is 15.6. The van der Waals surface area contributed by atoms with Gasteiger partial charge in [0.15, 0.2) is 17.5 Å². The minimum absolute atomic E-state index is 0.0427. The molecule has 6 bridgehead atoms. The van der Waals surface area contributed by atoms with Crippen LogP contribution >= 0.6 is 0 Å². The van der Waals surface area contributed by atoms with Crippen molar-refractivity contribution in [1.29, 1.82) is 0 Å². The van der Waals surface area contributed by atoms with Gasteiger partial charge in [-0.25, -0.2) is 9.18 Å². The van der Waals surface area contributed by atoms with Crippen LogP contribution in [0.25, 0.3) is 0 Å². The average Bonchev–Trinajstić information content (AvgIpc) is 3.25. The summed E-state index contributed by atoms with van der Waals surface area (Å²) in [4.78, 5) is 20.5. The SMILES string of the molecule is C[C@H]1CCCOc2cncc(n2)Nc2n[nH]c(c2F)[C@H]2CC[C@H](C2)OC(=O)N1. The highest BCUT2D eigenvalue weighted by Crippen LogP contribution is 2.37. The quantitative estimate of drug-likeness (QED) is 0.633. The number of hydrogen-bond donors (Lipinski definition) is 3. The van der Waals surface area contributed by atoms with Crippen molar-refractivity contribution in [3.8, 4) is 5.88 Å². The smallest absolute Gasteiger partial charge is 0.407 e. The van der Waals surface area contributed by atoms with Crippen LogP contribution in [0.4, 0.5) is 20.8 Å². The van der Waals surface area contributed by atoms with Crippen LogP contribution < -0.4 is 15.4 Å². The van der Waals surface area contributed by atoms with Crippen LogP contribution in [0.15, 0.2) is 12.4 Å². The Morgan fingerprint density at radius 3 is 3.04 bits per heavy atom. The van der Waals surface area contributed by atoms with Crippen molar-refractivity contribution in [2.75, 3.05) is 11.9 Å². The van der Waals surface area contributed by atoms with Gasteiger partial charge >= 0.3 is 6.09 Å². The van der Waals surface area contributed by atoms with E-state index in [1.54, 1.807) is 0 Å². The number of carbonyl (C=O) groups excluding carboxylic acids is 1. The van der Waals surface area contributed by atoms with Gasteiger partial charge in [0.25, 0.3) is 0 Å². The Bertz CT molecular complexity index is 844. The van der Waals surface area contributed by atoms with Crippen molar-refractivity contribution in [2.24, 2.45) is 0 Å². The number of nitrogens with one attached hydrogen (secondary N) is 3. The van der Waals surface area contributed by atoms with E-state index in [2.05, 4.69) is 30.8 Å². The molecule has 0 aromatic carbocycles.